The Morgan fingerprint density at radius 2 is 2.16 bits per heavy atom. The van der Waals surface area contributed by atoms with Crippen LogP contribution in [0.1, 0.15) is 35.8 Å². The molecule has 0 saturated heterocycles. The number of aromatic nitrogens is 3. The second-order valence-corrected chi connectivity index (χ2v) is 5.69. The molecule has 19 heavy (non-hydrogen) atoms. The van der Waals surface area contributed by atoms with Gasteiger partial charge in [0.25, 0.3) is 5.91 Å². The number of thiazole rings is 1. The molecule has 2 aromatic heterocycles. The maximum absolute atomic E-state index is 11.9. The molecule has 2 N–H and O–H groups in total. The lowest BCUT2D eigenvalue weighted by molar-refractivity contribution is 0.102. The largest absolute Gasteiger partial charge is 0.362 e. The predicted molar refractivity (Wildman–Crippen MR) is 78.1 cm³/mol. The Hall–Kier alpha value is -1.54. The molecule has 0 atom stereocenters. The van der Waals surface area contributed by atoms with Crippen molar-refractivity contribution in [2.75, 3.05) is 17.2 Å². The molecule has 0 aliphatic carbocycles. The zero-order valence-electron chi connectivity index (χ0n) is 10.8. The first-order valence-corrected chi connectivity index (χ1v) is 7.75. The average molecular weight is 297 g/mol. The van der Waals surface area contributed by atoms with Crippen LogP contribution in [0.5, 0.6) is 0 Å². The molecule has 2 rings (SSSR count). The molecule has 0 fully saturated rings. The molecule has 0 spiro atoms. The Kier molecular flexibility index (Phi) is 4.80. The third-order valence-electron chi connectivity index (χ3n) is 2.22. The van der Waals surface area contributed by atoms with E-state index in [2.05, 4.69) is 32.7 Å². The number of hydrogen-bond donors (Lipinski definition) is 2. The molecule has 2 aromatic rings. The zero-order valence-corrected chi connectivity index (χ0v) is 12.4. The van der Waals surface area contributed by atoms with Gasteiger partial charge in [-0.15, -0.1) is 21.5 Å². The van der Waals surface area contributed by atoms with Gasteiger partial charge in [0.2, 0.25) is 5.13 Å². The highest BCUT2D eigenvalue weighted by Crippen LogP contribution is 2.19. The number of aryl methyl sites for hydroxylation is 1. The molecular formula is C11H15N5OS2. The van der Waals surface area contributed by atoms with Crippen LogP contribution in [0.4, 0.5) is 10.3 Å². The van der Waals surface area contributed by atoms with E-state index >= 15 is 0 Å². The first-order valence-electron chi connectivity index (χ1n) is 6.06. The number of carbonyl (C=O) groups is 1. The van der Waals surface area contributed by atoms with Gasteiger partial charge in [0.15, 0.2) is 5.13 Å². The van der Waals surface area contributed by atoms with Crippen LogP contribution < -0.4 is 10.6 Å². The summed E-state index contributed by atoms with van der Waals surface area (Å²) >= 11 is 2.81. The maximum atomic E-state index is 11.9. The first kappa shape index (κ1) is 13.9. The van der Waals surface area contributed by atoms with Crippen molar-refractivity contribution in [2.24, 2.45) is 0 Å². The normalized spacial score (nSPS) is 10.4. The average Bonchev–Trinajstić information content (AvgIpc) is 3.00. The van der Waals surface area contributed by atoms with E-state index < -0.39 is 0 Å². The summed E-state index contributed by atoms with van der Waals surface area (Å²) in [6.45, 7) is 4.85. The molecule has 0 aliphatic heterocycles. The van der Waals surface area contributed by atoms with Crippen LogP contribution in [0.2, 0.25) is 0 Å². The van der Waals surface area contributed by atoms with Gasteiger partial charge in [-0.05, 0) is 13.3 Å². The van der Waals surface area contributed by atoms with Crippen molar-refractivity contribution in [1.29, 1.82) is 0 Å². The molecule has 0 saturated carbocycles. The van der Waals surface area contributed by atoms with E-state index in [9.17, 15) is 4.79 Å². The van der Waals surface area contributed by atoms with Crippen LogP contribution in [-0.2, 0) is 6.42 Å². The lowest BCUT2D eigenvalue weighted by Crippen LogP contribution is -2.12. The Bertz CT molecular complexity index is 551. The van der Waals surface area contributed by atoms with Crippen molar-refractivity contribution in [2.45, 2.75) is 26.7 Å². The van der Waals surface area contributed by atoms with Crippen LogP contribution in [0.15, 0.2) is 5.38 Å². The molecule has 8 heteroatoms. The third kappa shape index (κ3) is 3.71. The molecule has 102 valence electrons. The van der Waals surface area contributed by atoms with Crippen molar-refractivity contribution in [3.8, 4) is 0 Å². The van der Waals surface area contributed by atoms with E-state index in [-0.39, 0.29) is 5.91 Å². The van der Waals surface area contributed by atoms with E-state index in [1.165, 1.54) is 22.7 Å². The lowest BCUT2D eigenvalue weighted by Gasteiger charge is -1.97. The van der Waals surface area contributed by atoms with E-state index in [0.29, 0.717) is 10.8 Å². The van der Waals surface area contributed by atoms with Crippen LogP contribution in [0.3, 0.4) is 0 Å². The molecule has 0 aromatic carbocycles. The van der Waals surface area contributed by atoms with Gasteiger partial charge >= 0.3 is 0 Å². The fraction of sp³-hybridized carbons (Fsp3) is 0.455. The summed E-state index contributed by atoms with van der Waals surface area (Å²) in [4.78, 5) is 16.1. The zero-order chi connectivity index (χ0) is 13.7. The maximum Gasteiger partial charge on any atom is 0.277 e. The van der Waals surface area contributed by atoms with Gasteiger partial charge < -0.3 is 5.32 Å². The summed E-state index contributed by atoms with van der Waals surface area (Å²) < 4.78 is 0. The summed E-state index contributed by atoms with van der Waals surface area (Å²) in [5, 5.41) is 17.7. The monoisotopic (exact) mass is 297 g/mol. The molecular weight excluding hydrogens is 282 g/mol. The van der Waals surface area contributed by atoms with E-state index in [0.717, 1.165) is 29.5 Å². The highest BCUT2D eigenvalue weighted by atomic mass is 32.1. The number of carbonyl (C=O) groups excluding carboxylic acids is 1. The standard InChI is InChI=1S/C11H15N5OS2/c1-3-5-8-15-16-11(19-8)14-9(17)7-6-18-10(13-7)12-4-2/h6H,3-5H2,1-2H3,(H,12,13)(H,14,16,17). The molecule has 6 nitrogen and oxygen atoms in total. The van der Waals surface area contributed by atoms with Crippen molar-refractivity contribution >= 4 is 38.8 Å². The van der Waals surface area contributed by atoms with Gasteiger partial charge in [-0.25, -0.2) is 4.98 Å². The molecule has 0 radical (unpaired) electrons. The minimum absolute atomic E-state index is 0.250. The van der Waals surface area contributed by atoms with Gasteiger partial charge in [-0.3, -0.25) is 10.1 Å². The summed E-state index contributed by atoms with van der Waals surface area (Å²) in [5.74, 6) is -0.250. The van der Waals surface area contributed by atoms with Gasteiger partial charge in [0, 0.05) is 18.3 Å². The van der Waals surface area contributed by atoms with Crippen molar-refractivity contribution < 1.29 is 4.79 Å². The Morgan fingerprint density at radius 3 is 2.89 bits per heavy atom. The minimum atomic E-state index is -0.250. The second-order valence-electron chi connectivity index (χ2n) is 3.77. The van der Waals surface area contributed by atoms with Gasteiger partial charge in [-0.2, -0.15) is 0 Å². The van der Waals surface area contributed by atoms with Crippen LogP contribution >= 0.6 is 22.7 Å². The van der Waals surface area contributed by atoms with E-state index in [1.54, 1.807) is 5.38 Å². The number of amides is 1. The van der Waals surface area contributed by atoms with Crippen molar-refractivity contribution in [1.82, 2.24) is 15.2 Å². The van der Waals surface area contributed by atoms with Crippen molar-refractivity contribution in [3.63, 3.8) is 0 Å². The van der Waals surface area contributed by atoms with Crippen LogP contribution in [0, 0.1) is 0 Å². The number of hydrogen-bond acceptors (Lipinski definition) is 7. The van der Waals surface area contributed by atoms with Crippen LogP contribution in [0.25, 0.3) is 0 Å². The summed E-state index contributed by atoms with van der Waals surface area (Å²) in [6, 6.07) is 0. The molecule has 0 aliphatic rings. The fourth-order valence-corrected chi connectivity index (χ4v) is 2.99. The number of rotatable bonds is 6. The Labute approximate surface area is 119 Å². The van der Waals surface area contributed by atoms with Crippen molar-refractivity contribution in [3.05, 3.63) is 16.1 Å². The third-order valence-corrected chi connectivity index (χ3v) is 3.91. The highest BCUT2D eigenvalue weighted by molar-refractivity contribution is 7.15. The summed E-state index contributed by atoms with van der Waals surface area (Å²) in [5.41, 5.74) is 0.396. The Balaban J connectivity index is 1.98. The molecule has 1 amide bonds. The fourth-order valence-electron chi connectivity index (χ4n) is 1.39. The van der Waals surface area contributed by atoms with Gasteiger partial charge in [0.1, 0.15) is 10.7 Å². The first-order chi connectivity index (χ1) is 9.22. The number of nitrogens with zero attached hydrogens (tertiary/aromatic N) is 3. The quantitative estimate of drug-likeness (QED) is 0.856. The number of nitrogens with one attached hydrogen (secondary N) is 2. The van der Waals surface area contributed by atoms with Gasteiger partial charge in [0.05, 0.1) is 0 Å². The van der Waals surface area contributed by atoms with Crippen LogP contribution in [-0.4, -0.2) is 27.6 Å². The summed E-state index contributed by atoms with van der Waals surface area (Å²) in [7, 11) is 0. The minimum Gasteiger partial charge on any atom is -0.362 e. The summed E-state index contributed by atoms with van der Waals surface area (Å²) in [6.07, 6.45) is 1.90. The topological polar surface area (TPSA) is 79.8 Å². The SMILES string of the molecule is CCCc1nnc(NC(=O)c2csc(NCC)n2)s1. The number of anilines is 2. The smallest absolute Gasteiger partial charge is 0.277 e. The van der Waals surface area contributed by atoms with Gasteiger partial charge in [-0.1, -0.05) is 18.3 Å². The van der Waals surface area contributed by atoms with E-state index in [1.807, 2.05) is 6.92 Å². The molecule has 0 bridgehead atoms. The Morgan fingerprint density at radius 1 is 1.32 bits per heavy atom. The highest BCUT2D eigenvalue weighted by Gasteiger charge is 2.13. The molecule has 0 unspecified atom stereocenters. The molecule has 2 heterocycles. The second kappa shape index (κ2) is 6.58. The predicted octanol–water partition coefficient (Wildman–Crippen LogP) is 2.63. The van der Waals surface area contributed by atoms with E-state index in [4.69, 9.17) is 0 Å². The lowest BCUT2D eigenvalue weighted by atomic mass is 10.4.